The second-order valence-electron chi connectivity index (χ2n) is 4.20. The highest BCUT2D eigenvalue weighted by atomic mass is 32.1. The molecule has 1 heterocycles. The Bertz CT molecular complexity index is 625. The van der Waals surface area contributed by atoms with Gasteiger partial charge in [0.1, 0.15) is 11.5 Å². The Balaban J connectivity index is 2.19. The molecule has 0 saturated heterocycles. The number of phenols is 1. The van der Waals surface area contributed by atoms with Gasteiger partial charge < -0.3 is 15.6 Å². The lowest BCUT2D eigenvalue weighted by Crippen LogP contribution is -2.12. The summed E-state index contributed by atoms with van der Waals surface area (Å²) in [7, 11) is 1.49. The molecule has 0 aliphatic rings. The highest BCUT2D eigenvalue weighted by molar-refractivity contribution is 7.14. The second kappa shape index (κ2) is 5.89. The van der Waals surface area contributed by atoms with E-state index in [1.165, 1.54) is 30.6 Å². The molecule has 6 nitrogen and oxygen atoms in total. The van der Waals surface area contributed by atoms with Crippen LogP contribution in [0.5, 0.6) is 11.5 Å². The van der Waals surface area contributed by atoms with Gasteiger partial charge in [-0.05, 0) is 25.1 Å². The summed E-state index contributed by atoms with van der Waals surface area (Å²) in [6.45, 7) is 1.81. The molecular weight excluding hydrogens is 278 g/mol. The number of anilines is 1. The summed E-state index contributed by atoms with van der Waals surface area (Å²) in [6.07, 6.45) is 0. The number of benzene rings is 1. The lowest BCUT2D eigenvalue weighted by molar-refractivity contribution is 0.102. The average Bonchev–Trinajstić information content (AvgIpc) is 2.88. The van der Waals surface area contributed by atoms with Crippen LogP contribution in [-0.2, 0) is 0 Å². The summed E-state index contributed by atoms with van der Waals surface area (Å²) in [5.41, 5.74) is 6.54. The van der Waals surface area contributed by atoms with E-state index in [-0.39, 0.29) is 17.4 Å². The van der Waals surface area contributed by atoms with Crippen LogP contribution < -0.4 is 15.8 Å². The monoisotopic (exact) mass is 293 g/mol. The van der Waals surface area contributed by atoms with Gasteiger partial charge in [-0.1, -0.05) is 0 Å². The Hall–Kier alpha value is -2.12. The molecule has 0 aliphatic heterocycles. The van der Waals surface area contributed by atoms with Crippen LogP contribution in [0, 0.1) is 0 Å². The number of rotatable bonds is 4. The average molecular weight is 293 g/mol. The zero-order valence-corrected chi connectivity index (χ0v) is 11.9. The van der Waals surface area contributed by atoms with E-state index in [9.17, 15) is 9.90 Å². The van der Waals surface area contributed by atoms with Gasteiger partial charge in [0.25, 0.3) is 5.91 Å². The number of nitrogens with two attached hydrogens (primary N) is 1. The molecule has 1 aromatic carbocycles. The summed E-state index contributed by atoms with van der Waals surface area (Å²) in [6, 6.07) is 4.25. The number of aromatic hydroxyl groups is 1. The molecule has 0 bridgehead atoms. The fourth-order valence-corrected chi connectivity index (χ4v) is 2.35. The molecule has 2 rings (SSSR count). The van der Waals surface area contributed by atoms with E-state index in [1.807, 2.05) is 6.92 Å². The molecule has 1 unspecified atom stereocenters. The van der Waals surface area contributed by atoms with Crippen molar-refractivity contribution in [3.05, 3.63) is 34.8 Å². The fraction of sp³-hybridized carbons (Fsp3) is 0.231. The molecule has 0 spiro atoms. The molecular formula is C13H15N3O3S. The molecule has 0 fully saturated rings. The second-order valence-corrected chi connectivity index (χ2v) is 5.06. The normalized spacial score (nSPS) is 11.9. The van der Waals surface area contributed by atoms with E-state index in [0.29, 0.717) is 16.6 Å². The smallest absolute Gasteiger partial charge is 0.261 e. The minimum absolute atomic E-state index is 0.118. The first-order chi connectivity index (χ1) is 9.51. The number of aromatic nitrogens is 1. The van der Waals surface area contributed by atoms with Gasteiger partial charge in [-0.3, -0.25) is 10.1 Å². The van der Waals surface area contributed by atoms with Crippen LogP contribution in [0.25, 0.3) is 0 Å². The molecule has 2 aromatic rings. The first kappa shape index (κ1) is 14.3. The minimum atomic E-state index is -0.452. The third-order valence-corrected chi connectivity index (χ3v) is 3.43. The summed E-state index contributed by atoms with van der Waals surface area (Å²) in [5, 5.41) is 14.6. The predicted molar refractivity (Wildman–Crippen MR) is 77.3 cm³/mol. The Morgan fingerprint density at radius 3 is 2.90 bits per heavy atom. The summed E-state index contributed by atoms with van der Waals surface area (Å²) in [4.78, 5) is 16.3. The van der Waals surface area contributed by atoms with Gasteiger partial charge in [0.2, 0.25) is 0 Å². The number of phenolic OH excluding ortho intramolecular Hbond substituents is 1. The van der Waals surface area contributed by atoms with Gasteiger partial charge in [0, 0.05) is 11.4 Å². The van der Waals surface area contributed by atoms with E-state index in [0.717, 1.165) is 0 Å². The predicted octanol–water partition coefficient (Wildman–Crippen LogP) is 2.13. The van der Waals surface area contributed by atoms with Gasteiger partial charge >= 0.3 is 0 Å². The van der Waals surface area contributed by atoms with E-state index >= 15 is 0 Å². The minimum Gasteiger partial charge on any atom is -0.507 e. The third-order valence-electron chi connectivity index (χ3n) is 2.66. The highest BCUT2D eigenvalue weighted by Gasteiger charge is 2.15. The van der Waals surface area contributed by atoms with Crippen LogP contribution in [-0.4, -0.2) is 23.1 Å². The number of hydrogen-bond acceptors (Lipinski definition) is 6. The van der Waals surface area contributed by atoms with Crippen molar-refractivity contribution >= 4 is 22.4 Å². The van der Waals surface area contributed by atoms with Gasteiger partial charge in [0.05, 0.1) is 18.4 Å². The van der Waals surface area contributed by atoms with Crippen molar-refractivity contribution in [2.24, 2.45) is 5.73 Å². The van der Waals surface area contributed by atoms with Crippen molar-refractivity contribution in [2.75, 3.05) is 12.4 Å². The van der Waals surface area contributed by atoms with E-state index in [2.05, 4.69) is 10.3 Å². The quantitative estimate of drug-likeness (QED) is 0.802. The maximum atomic E-state index is 12.1. The molecule has 106 valence electrons. The molecule has 20 heavy (non-hydrogen) atoms. The molecule has 1 amide bonds. The number of methoxy groups -OCH3 is 1. The van der Waals surface area contributed by atoms with Gasteiger partial charge in [-0.25, -0.2) is 4.98 Å². The topological polar surface area (TPSA) is 97.5 Å². The number of nitrogens with one attached hydrogen (secondary N) is 1. The Morgan fingerprint density at radius 1 is 1.55 bits per heavy atom. The Kier molecular flexibility index (Phi) is 4.21. The lowest BCUT2D eigenvalue weighted by Gasteiger charge is -2.06. The van der Waals surface area contributed by atoms with Crippen LogP contribution >= 0.6 is 11.3 Å². The first-order valence-electron chi connectivity index (χ1n) is 5.90. The van der Waals surface area contributed by atoms with Gasteiger partial charge in [-0.2, -0.15) is 0 Å². The number of carbonyl (C=O) groups excluding carboxylic acids is 1. The van der Waals surface area contributed by atoms with Crippen LogP contribution in [0.2, 0.25) is 0 Å². The van der Waals surface area contributed by atoms with E-state index in [1.54, 1.807) is 11.4 Å². The van der Waals surface area contributed by atoms with Crippen LogP contribution in [0.15, 0.2) is 23.6 Å². The van der Waals surface area contributed by atoms with Crippen molar-refractivity contribution in [3.8, 4) is 11.5 Å². The Morgan fingerprint density at radius 2 is 2.30 bits per heavy atom. The van der Waals surface area contributed by atoms with E-state index < -0.39 is 5.91 Å². The number of nitrogens with zero attached hydrogens (tertiary/aromatic N) is 1. The third kappa shape index (κ3) is 3.06. The molecule has 0 saturated carbocycles. The summed E-state index contributed by atoms with van der Waals surface area (Å²) < 4.78 is 5.03. The summed E-state index contributed by atoms with van der Waals surface area (Å²) in [5.74, 6) is -0.0809. The molecule has 4 N–H and O–H groups in total. The van der Waals surface area contributed by atoms with Crippen LogP contribution in [0.3, 0.4) is 0 Å². The molecule has 0 aliphatic carbocycles. The van der Waals surface area contributed by atoms with Crippen LogP contribution in [0.4, 0.5) is 5.13 Å². The van der Waals surface area contributed by atoms with Crippen molar-refractivity contribution in [1.29, 1.82) is 0 Å². The standard InChI is InChI=1S/C13H15N3O3S/c1-7(14)10-6-20-13(15-10)16-12(18)9-5-8(19-2)3-4-11(9)17/h3-7,17H,14H2,1-2H3,(H,15,16,18). The SMILES string of the molecule is COc1ccc(O)c(C(=O)Nc2nc(C(C)N)cs2)c1. The maximum absolute atomic E-state index is 12.1. The lowest BCUT2D eigenvalue weighted by atomic mass is 10.2. The van der Waals surface area contributed by atoms with E-state index in [4.69, 9.17) is 10.5 Å². The first-order valence-corrected chi connectivity index (χ1v) is 6.78. The van der Waals surface area contributed by atoms with Crippen molar-refractivity contribution in [2.45, 2.75) is 13.0 Å². The summed E-state index contributed by atoms with van der Waals surface area (Å²) >= 11 is 1.28. The fourth-order valence-electron chi connectivity index (χ4n) is 1.54. The van der Waals surface area contributed by atoms with Gasteiger partial charge in [0.15, 0.2) is 5.13 Å². The molecule has 7 heteroatoms. The van der Waals surface area contributed by atoms with Gasteiger partial charge in [-0.15, -0.1) is 11.3 Å². The van der Waals surface area contributed by atoms with Crippen molar-refractivity contribution < 1.29 is 14.6 Å². The number of ether oxygens (including phenoxy) is 1. The number of carbonyl (C=O) groups is 1. The largest absolute Gasteiger partial charge is 0.507 e. The maximum Gasteiger partial charge on any atom is 0.261 e. The van der Waals surface area contributed by atoms with Crippen molar-refractivity contribution in [3.63, 3.8) is 0 Å². The molecule has 0 radical (unpaired) electrons. The molecule has 1 atom stereocenters. The number of amides is 1. The zero-order valence-electron chi connectivity index (χ0n) is 11.1. The van der Waals surface area contributed by atoms with Crippen molar-refractivity contribution in [1.82, 2.24) is 4.98 Å². The zero-order chi connectivity index (χ0) is 14.7. The van der Waals surface area contributed by atoms with Crippen LogP contribution in [0.1, 0.15) is 29.0 Å². The Labute approximate surface area is 120 Å². The number of thiazole rings is 1. The molecule has 1 aromatic heterocycles. The number of hydrogen-bond donors (Lipinski definition) is 3. The highest BCUT2D eigenvalue weighted by Crippen LogP contribution is 2.25.